The number of hydrogen-bond acceptors (Lipinski definition) is 9. The molecule has 1 N–H and O–H groups in total. The third kappa shape index (κ3) is 4.31. The van der Waals surface area contributed by atoms with E-state index in [-0.39, 0.29) is 18.2 Å². The first-order valence-electron chi connectivity index (χ1n) is 7.58. The molecule has 2 aromatic heterocycles. The largest absolute Gasteiger partial charge is 0.481 e. The van der Waals surface area contributed by atoms with Crippen LogP contribution >= 0.6 is 11.3 Å². The summed E-state index contributed by atoms with van der Waals surface area (Å²) < 4.78 is 21.8. The van der Waals surface area contributed by atoms with Crippen molar-refractivity contribution in [3.63, 3.8) is 0 Å². The van der Waals surface area contributed by atoms with Crippen molar-refractivity contribution in [3.05, 3.63) is 22.7 Å². The third-order valence-electron chi connectivity index (χ3n) is 3.64. The van der Waals surface area contributed by atoms with Gasteiger partial charge in [0, 0.05) is 18.1 Å². The van der Waals surface area contributed by atoms with E-state index < -0.39 is 0 Å². The quantitative estimate of drug-likeness (QED) is 0.806. The molecule has 0 aliphatic carbocycles. The molecule has 0 saturated carbocycles. The Labute approximate surface area is 144 Å². The number of nitrogens with zero attached hydrogens (tertiary/aromatic N) is 3. The van der Waals surface area contributed by atoms with E-state index in [0.717, 1.165) is 12.1 Å². The molecule has 130 valence electrons. The molecule has 2 aromatic rings. The summed E-state index contributed by atoms with van der Waals surface area (Å²) in [7, 11) is 3.08. The van der Waals surface area contributed by atoms with E-state index >= 15 is 0 Å². The van der Waals surface area contributed by atoms with Gasteiger partial charge in [-0.05, 0) is 6.42 Å². The lowest BCUT2D eigenvalue weighted by molar-refractivity contribution is -0.0644. The van der Waals surface area contributed by atoms with E-state index in [2.05, 4.69) is 20.3 Å². The molecule has 0 radical (unpaired) electrons. The summed E-state index contributed by atoms with van der Waals surface area (Å²) in [6.45, 7) is 1.67. The third-order valence-corrected chi connectivity index (χ3v) is 4.28. The van der Waals surface area contributed by atoms with Crippen LogP contribution in [0.1, 0.15) is 12.1 Å². The fourth-order valence-electron chi connectivity index (χ4n) is 2.41. The fraction of sp³-hybridized carbons (Fsp3) is 0.533. The molecule has 0 amide bonds. The molecule has 1 aliphatic heterocycles. The topological polar surface area (TPSA) is 87.6 Å². The van der Waals surface area contributed by atoms with E-state index in [1.54, 1.807) is 30.0 Å². The molecule has 2 atom stereocenters. The van der Waals surface area contributed by atoms with Gasteiger partial charge in [-0.1, -0.05) is 0 Å². The maximum Gasteiger partial charge on any atom is 0.321 e. The zero-order valence-electron chi connectivity index (χ0n) is 13.6. The van der Waals surface area contributed by atoms with E-state index in [9.17, 15) is 0 Å². The number of hydrogen-bond donors (Lipinski definition) is 1. The number of ether oxygens (including phenoxy) is 4. The lowest BCUT2D eigenvalue weighted by Gasteiger charge is -2.32. The molecular weight excluding hydrogens is 332 g/mol. The second-order valence-electron chi connectivity index (χ2n) is 5.23. The van der Waals surface area contributed by atoms with Crippen LogP contribution in [0.25, 0.3) is 0 Å². The Morgan fingerprint density at radius 3 is 3.00 bits per heavy atom. The van der Waals surface area contributed by atoms with Gasteiger partial charge in [0.15, 0.2) is 0 Å². The van der Waals surface area contributed by atoms with Gasteiger partial charge in [0.05, 0.1) is 44.7 Å². The molecule has 1 fully saturated rings. The Bertz CT molecular complexity index is 618. The maximum absolute atomic E-state index is 5.98. The standard InChI is InChI=1S/C15H20N4O4S/c1-20-14-5-13(18-15(19-14)21-2)17-11-3-4-22-7-12(11)23-6-10-8-24-9-16-10/h5,8-9,11-12H,3-4,6-7H2,1-2H3,(H,17,18,19)/t11-,12-/m1/s1. The zero-order chi connectivity index (χ0) is 16.8. The Morgan fingerprint density at radius 2 is 2.25 bits per heavy atom. The zero-order valence-corrected chi connectivity index (χ0v) is 14.4. The molecular formula is C15H20N4O4S. The highest BCUT2D eigenvalue weighted by molar-refractivity contribution is 7.07. The average molecular weight is 352 g/mol. The van der Waals surface area contributed by atoms with Crippen LogP contribution in [0.3, 0.4) is 0 Å². The smallest absolute Gasteiger partial charge is 0.321 e. The molecule has 1 aliphatic rings. The van der Waals surface area contributed by atoms with Gasteiger partial charge >= 0.3 is 6.01 Å². The van der Waals surface area contributed by atoms with E-state index in [4.69, 9.17) is 18.9 Å². The summed E-state index contributed by atoms with van der Waals surface area (Å²) in [5.41, 5.74) is 2.72. The van der Waals surface area contributed by atoms with Crippen LogP contribution in [-0.2, 0) is 16.1 Å². The highest BCUT2D eigenvalue weighted by Gasteiger charge is 2.27. The maximum atomic E-state index is 5.98. The van der Waals surface area contributed by atoms with Crippen molar-refractivity contribution in [2.24, 2.45) is 0 Å². The van der Waals surface area contributed by atoms with Gasteiger partial charge in [0.25, 0.3) is 0 Å². The molecule has 3 heterocycles. The van der Waals surface area contributed by atoms with Crippen molar-refractivity contribution in [1.29, 1.82) is 0 Å². The summed E-state index contributed by atoms with van der Waals surface area (Å²) in [6.07, 6.45) is 0.725. The number of methoxy groups -OCH3 is 2. The van der Waals surface area contributed by atoms with E-state index in [1.807, 2.05) is 5.38 Å². The second kappa shape index (κ2) is 8.22. The van der Waals surface area contributed by atoms with Gasteiger partial charge in [-0.3, -0.25) is 0 Å². The van der Waals surface area contributed by atoms with Crippen molar-refractivity contribution in [2.75, 3.05) is 32.8 Å². The summed E-state index contributed by atoms with van der Waals surface area (Å²) in [5.74, 6) is 1.07. The molecule has 8 nitrogen and oxygen atoms in total. The Morgan fingerprint density at radius 1 is 1.33 bits per heavy atom. The SMILES string of the molecule is COc1cc(N[C@@H]2CCOC[C@H]2OCc2cscn2)nc(OC)n1. The van der Waals surface area contributed by atoms with Crippen molar-refractivity contribution in [3.8, 4) is 11.9 Å². The second-order valence-corrected chi connectivity index (χ2v) is 5.94. The molecule has 9 heteroatoms. The minimum absolute atomic E-state index is 0.0710. The Kier molecular flexibility index (Phi) is 5.78. The summed E-state index contributed by atoms with van der Waals surface area (Å²) >= 11 is 1.56. The van der Waals surface area contributed by atoms with Crippen LogP contribution in [0.2, 0.25) is 0 Å². The van der Waals surface area contributed by atoms with Crippen LogP contribution in [0.4, 0.5) is 5.82 Å². The van der Waals surface area contributed by atoms with Crippen LogP contribution in [0.5, 0.6) is 11.9 Å². The van der Waals surface area contributed by atoms with Crippen LogP contribution in [0.15, 0.2) is 17.0 Å². The van der Waals surface area contributed by atoms with Crippen LogP contribution in [-0.4, -0.2) is 54.5 Å². The van der Waals surface area contributed by atoms with Gasteiger partial charge in [-0.25, -0.2) is 4.98 Å². The minimum atomic E-state index is -0.0904. The van der Waals surface area contributed by atoms with Crippen molar-refractivity contribution < 1.29 is 18.9 Å². The average Bonchev–Trinajstić information content (AvgIpc) is 3.14. The number of thiazole rings is 1. The van der Waals surface area contributed by atoms with Gasteiger partial charge in [-0.15, -0.1) is 11.3 Å². The number of aromatic nitrogens is 3. The van der Waals surface area contributed by atoms with E-state index in [0.29, 0.717) is 31.5 Å². The lowest BCUT2D eigenvalue weighted by Crippen LogP contribution is -2.43. The first-order valence-corrected chi connectivity index (χ1v) is 8.53. The van der Waals surface area contributed by atoms with Crippen LogP contribution in [0, 0.1) is 0 Å². The predicted molar refractivity (Wildman–Crippen MR) is 88.7 cm³/mol. The van der Waals surface area contributed by atoms with Crippen molar-refractivity contribution >= 4 is 17.2 Å². The Hall–Kier alpha value is -1.97. The molecule has 0 spiro atoms. The highest BCUT2D eigenvalue weighted by Crippen LogP contribution is 2.22. The number of nitrogens with one attached hydrogen (secondary N) is 1. The van der Waals surface area contributed by atoms with E-state index in [1.165, 1.54) is 7.11 Å². The van der Waals surface area contributed by atoms with Crippen LogP contribution < -0.4 is 14.8 Å². The van der Waals surface area contributed by atoms with Gasteiger partial charge in [-0.2, -0.15) is 9.97 Å². The first kappa shape index (κ1) is 16.9. The molecule has 1 saturated heterocycles. The Balaban J connectivity index is 1.66. The minimum Gasteiger partial charge on any atom is -0.481 e. The first-order chi connectivity index (χ1) is 11.8. The number of anilines is 1. The number of rotatable bonds is 7. The monoisotopic (exact) mass is 352 g/mol. The molecule has 24 heavy (non-hydrogen) atoms. The predicted octanol–water partition coefficient (Wildman–Crippen LogP) is 1.74. The molecule has 3 rings (SSSR count). The molecule has 0 aromatic carbocycles. The summed E-state index contributed by atoms with van der Waals surface area (Å²) in [4.78, 5) is 12.6. The van der Waals surface area contributed by atoms with Crippen molar-refractivity contribution in [2.45, 2.75) is 25.2 Å². The molecule has 0 bridgehead atoms. The molecule has 0 unspecified atom stereocenters. The van der Waals surface area contributed by atoms with Gasteiger partial charge in [0.1, 0.15) is 11.9 Å². The summed E-state index contributed by atoms with van der Waals surface area (Å²) in [5, 5.41) is 5.36. The highest BCUT2D eigenvalue weighted by atomic mass is 32.1. The lowest BCUT2D eigenvalue weighted by atomic mass is 10.1. The van der Waals surface area contributed by atoms with Gasteiger partial charge in [0.2, 0.25) is 5.88 Å². The van der Waals surface area contributed by atoms with Crippen molar-refractivity contribution in [1.82, 2.24) is 15.0 Å². The van der Waals surface area contributed by atoms with Gasteiger partial charge < -0.3 is 24.3 Å². The fourth-order valence-corrected chi connectivity index (χ4v) is 2.95. The normalized spacial score (nSPS) is 20.6. The summed E-state index contributed by atoms with van der Waals surface area (Å²) in [6, 6.07) is 2.06.